The highest BCUT2D eigenvalue weighted by molar-refractivity contribution is 5.34. The van der Waals surface area contributed by atoms with Crippen LogP contribution in [0.4, 0.5) is 0 Å². The standard InChI is InChI=1S/C29H48O3/c1-17-8-9-18-12-14-27(5)19(23(18)29(17,7)32)10-11-22-26(4)16-20(30)24(31)25(2,3)21(26)13-15-28(22,27)6/h10,17-18,20-24,30-32H,8-9,11-16H2,1-7H3/t17-,18-,20-,21+,22-,23-,24+,26+,27-,28-,29-/m1/s1. The quantitative estimate of drug-likeness (QED) is 0.419. The van der Waals surface area contributed by atoms with Gasteiger partial charge in [0.2, 0.25) is 0 Å². The molecule has 0 aromatic rings. The third-order valence-electron chi connectivity index (χ3n) is 12.9. The molecule has 0 amide bonds. The Balaban J connectivity index is 1.60. The van der Waals surface area contributed by atoms with Crippen molar-refractivity contribution in [3.8, 4) is 0 Å². The maximum atomic E-state index is 11.7. The smallest absolute Gasteiger partial charge is 0.0852 e. The van der Waals surface area contributed by atoms with Crippen LogP contribution in [0.3, 0.4) is 0 Å². The summed E-state index contributed by atoms with van der Waals surface area (Å²) in [7, 11) is 0. The molecule has 0 unspecified atom stereocenters. The molecule has 3 N–H and O–H groups in total. The van der Waals surface area contributed by atoms with E-state index in [1.807, 2.05) is 0 Å². The van der Waals surface area contributed by atoms with Gasteiger partial charge in [-0.25, -0.2) is 0 Å². The van der Waals surface area contributed by atoms with Crippen molar-refractivity contribution in [2.75, 3.05) is 0 Å². The summed E-state index contributed by atoms with van der Waals surface area (Å²) in [5.74, 6) is 2.20. The molecule has 5 rings (SSSR count). The molecule has 3 nitrogen and oxygen atoms in total. The first-order chi connectivity index (χ1) is 14.7. The molecule has 5 aliphatic carbocycles. The molecule has 4 saturated carbocycles. The molecule has 32 heavy (non-hydrogen) atoms. The first-order valence-electron chi connectivity index (χ1n) is 13.5. The van der Waals surface area contributed by atoms with Crippen LogP contribution in [0, 0.1) is 51.2 Å². The van der Waals surface area contributed by atoms with E-state index in [4.69, 9.17) is 0 Å². The van der Waals surface area contributed by atoms with E-state index in [0.717, 1.165) is 19.3 Å². The van der Waals surface area contributed by atoms with E-state index in [0.29, 0.717) is 36.0 Å². The van der Waals surface area contributed by atoms with Crippen molar-refractivity contribution >= 4 is 0 Å². The van der Waals surface area contributed by atoms with Crippen molar-refractivity contribution in [1.29, 1.82) is 0 Å². The first kappa shape index (κ1) is 23.4. The van der Waals surface area contributed by atoms with Crippen LogP contribution in [0.5, 0.6) is 0 Å². The molecule has 3 heteroatoms. The van der Waals surface area contributed by atoms with E-state index >= 15 is 0 Å². The molecule has 4 fully saturated rings. The second-order valence-corrected chi connectivity index (χ2v) is 14.3. The average Bonchev–Trinajstić information content (AvgIpc) is 2.69. The van der Waals surface area contributed by atoms with Crippen LogP contribution in [0.25, 0.3) is 0 Å². The van der Waals surface area contributed by atoms with Gasteiger partial charge in [-0.2, -0.15) is 0 Å². The van der Waals surface area contributed by atoms with Crippen LogP contribution in [0.15, 0.2) is 11.6 Å². The minimum atomic E-state index is -0.637. The van der Waals surface area contributed by atoms with E-state index in [2.05, 4.69) is 54.5 Å². The van der Waals surface area contributed by atoms with Gasteiger partial charge in [-0.15, -0.1) is 0 Å². The molecule has 182 valence electrons. The molecule has 0 heterocycles. The molecule has 5 aliphatic rings. The molecule has 0 spiro atoms. The van der Waals surface area contributed by atoms with Crippen LogP contribution in [0.2, 0.25) is 0 Å². The maximum Gasteiger partial charge on any atom is 0.0852 e. The van der Waals surface area contributed by atoms with Crippen molar-refractivity contribution in [2.24, 2.45) is 51.2 Å². The molecule has 0 aromatic carbocycles. The third kappa shape index (κ3) is 2.65. The van der Waals surface area contributed by atoms with E-state index < -0.39 is 17.8 Å². The van der Waals surface area contributed by atoms with E-state index in [1.165, 1.54) is 25.7 Å². The fourth-order valence-corrected chi connectivity index (χ4v) is 10.6. The molecule has 11 atom stereocenters. The van der Waals surface area contributed by atoms with Gasteiger partial charge in [0.1, 0.15) is 0 Å². The largest absolute Gasteiger partial charge is 0.390 e. The van der Waals surface area contributed by atoms with Gasteiger partial charge in [0.15, 0.2) is 0 Å². The number of aliphatic hydroxyl groups is 3. The van der Waals surface area contributed by atoms with E-state index in [9.17, 15) is 15.3 Å². The number of hydrogen-bond donors (Lipinski definition) is 3. The van der Waals surface area contributed by atoms with Crippen molar-refractivity contribution in [1.82, 2.24) is 0 Å². The fraction of sp³-hybridized carbons (Fsp3) is 0.931. The van der Waals surface area contributed by atoms with Crippen LogP contribution in [-0.4, -0.2) is 33.1 Å². The Hall–Kier alpha value is -0.380. The first-order valence-corrected chi connectivity index (χ1v) is 13.5. The van der Waals surface area contributed by atoms with Crippen molar-refractivity contribution in [3.63, 3.8) is 0 Å². The second kappa shape index (κ2) is 6.85. The Morgan fingerprint density at radius 2 is 1.56 bits per heavy atom. The van der Waals surface area contributed by atoms with Crippen LogP contribution < -0.4 is 0 Å². The highest BCUT2D eigenvalue weighted by Crippen LogP contribution is 2.74. The Labute approximate surface area is 196 Å². The topological polar surface area (TPSA) is 60.7 Å². The maximum absolute atomic E-state index is 11.7. The monoisotopic (exact) mass is 444 g/mol. The molecule has 0 aromatic heterocycles. The predicted octanol–water partition coefficient (Wildman–Crippen LogP) is 5.72. The van der Waals surface area contributed by atoms with Gasteiger partial charge < -0.3 is 15.3 Å². The summed E-state index contributed by atoms with van der Waals surface area (Å²) in [6, 6.07) is 0. The Morgan fingerprint density at radius 3 is 2.25 bits per heavy atom. The SMILES string of the molecule is C[C@@H]1CC[C@@H]2CC[C@]3(C)C(=CC[C@@H]4[C@@]5(C)C[C@@H](O)[C@H](O)C(C)(C)[C@@H]5CC[C@]43C)[C@@H]2[C@]1(C)O. The number of rotatable bonds is 0. The van der Waals surface area contributed by atoms with Crippen LogP contribution in [-0.2, 0) is 0 Å². The lowest BCUT2D eigenvalue weighted by molar-refractivity contribution is -0.232. The summed E-state index contributed by atoms with van der Waals surface area (Å²) in [5.41, 5.74) is 0.993. The van der Waals surface area contributed by atoms with E-state index in [-0.39, 0.29) is 21.7 Å². The molecule has 0 bridgehead atoms. The zero-order valence-electron chi connectivity index (χ0n) is 21.6. The van der Waals surface area contributed by atoms with E-state index in [1.54, 1.807) is 5.57 Å². The highest BCUT2D eigenvalue weighted by Gasteiger charge is 2.68. The number of hydrogen-bond acceptors (Lipinski definition) is 3. The highest BCUT2D eigenvalue weighted by atomic mass is 16.3. The van der Waals surface area contributed by atoms with Gasteiger partial charge in [-0.1, -0.05) is 53.2 Å². The zero-order valence-corrected chi connectivity index (χ0v) is 21.6. The summed E-state index contributed by atoms with van der Waals surface area (Å²) >= 11 is 0. The normalized spacial score (nSPS) is 59.2. The summed E-state index contributed by atoms with van der Waals surface area (Å²) in [5, 5.41) is 33.6. The average molecular weight is 445 g/mol. The third-order valence-corrected chi connectivity index (χ3v) is 12.9. The zero-order chi connectivity index (χ0) is 23.5. The Bertz CT molecular complexity index is 813. The van der Waals surface area contributed by atoms with Crippen LogP contribution in [0.1, 0.15) is 99.8 Å². The van der Waals surface area contributed by atoms with Gasteiger partial charge in [-0.05, 0) is 104 Å². The van der Waals surface area contributed by atoms with Gasteiger partial charge in [0.05, 0.1) is 17.8 Å². The van der Waals surface area contributed by atoms with Gasteiger partial charge in [0.25, 0.3) is 0 Å². The lowest BCUT2D eigenvalue weighted by Crippen LogP contribution is -2.67. The lowest BCUT2D eigenvalue weighted by atomic mass is 9.34. The Kier molecular flexibility index (Phi) is 5.00. The minimum absolute atomic E-state index is 0.0272. The Morgan fingerprint density at radius 1 is 0.875 bits per heavy atom. The van der Waals surface area contributed by atoms with Crippen LogP contribution >= 0.6 is 0 Å². The summed E-state index contributed by atoms with van der Waals surface area (Å²) in [6.45, 7) is 16.3. The number of fused-ring (bicyclic) bond motifs is 7. The number of aliphatic hydroxyl groups excluding tert-OH is 2. The van der Waals surface area contributed by atoms with Gasteiger partial charge >= 0.3 is 0 Å². The molecule has 0 saturated heterocycles. The lowest BCUT2D eigenvalue weighted by Gasteiger charge is -2.71. The molecular weight excluding hydrogens is 396 g/mol. The summed E-state index contributed by atoms with van der Waals surface area (Å²) in [6.07, 6.45) is 10.2. The van der Waals surface area contributed by atoms with Gasteiger partial charge in [-0.3, -0.25) is 0 Å². The predicted molar refractivity (Wildman–Crippen MR) is 129 cm³/mol. The minimum Gasteiger partial charge on any atom is -0.390 e. The molecular formula is C29H48O3. The van der Waals surface area contributed by atoms with Crippen molar-refractivity contribution in [3.05, 3.63) is 11.6 Å². The van der Waals surface area contributed by atoms with Gasteiger partial charge in [0, 0.05) is 5.92 Å². The molecule has 0 aliphatic heterocycles. The van der Waals surface area contributed by atoms with Crippen molar-refractivity contribution in [2.45, 2.75) is 118 Å². The number of allylic oxidation sites excluding steroid dienone is 1. The molecule has 0 radical (unpaired) electrons. The summed E-state index contributed by atoms with van der Waals surface area (Å²) in [4.78, 5) is 0. The van der Waals surface area contributed by atoms with Crippen molar-refractivity contribution < 1.29 is 15.3 Å². The second-order valence-electron chi connectivity index (χ2n) is 14.3. The summed E-state index contributed by atoms with van der Waals surface area (Å²) < 4.78 is 0. The fourth-order valence-electron chi connectivity index (χ4n) is 10.6.